The zero-order valence-electron chi connectivity index (χ0n) is 14.1. The van der Waals surface area contributed by atoms with Crippen LogP contribution in [0.2, 0.25) is 0 Å². The average molecular weight is 342 g/mol. The van der Waals surface area contributed by atoms with Gasteiger partial charge in [0.1, 0.15) is 11.6 Å². The van der Waals surface area contributed by atoms with Crippen molar-refractivity contribution in [2.75, 3.05) is 18.4 Å². The topological polar surface area (TPSA) is 50.4 Å². The molecule has 3 rings (SSSR count). The lowest BCUT2D eigenvalue weighted by molar-refractivity contribution is -0.116. The summed E-state index contributed by atoms with van der Waals surface area (Å²) in [4.78, 5) is 12.3. The Morgan fingerprint density at radius 1 is 1.16 bits per heavy atom. The molecule has 1 amide bonds. The summed E-state index contributed by atoms with van der Waals surface area (Å²) >= 11 is 0. The summed E-state index contributed by atoms with van der Waals surface area (Å²) in [5, 5.41) is 6.11. The van der Waals surface area contributed by atoms with Crippen molar-refractivity contribution < 1.29 is 13.9 Å². The molecule has 1 aliphatic heterocycles. The van der Waals surface area contributed by atoms with Gasteiger partial charge in [0.05, 0.1) is 5.69 Å². The summed E-state index contributed by atoms with van der Waals surface area (Å²) in [6.45, 7) is 2.04. The summed E-state index contributed by atoms with van der Waals surface area (Å²) in [6.07, 6.45) is 3.51. The van der Waals surface area contributed by atoms with Gasteiger partial charge in [0, 0.05) is 12.5 Å². The van der Waals surface area contributed by atoms with Gasteiger partial charge in [0.2, 0.25) is 5.91 Å². The van der Waals surface area contributed by atoms with Crippen molar-refractivity contribution >= 4 is 11.6 Å². The molecule has 1 aliphatic rings. The van der Waals surface area contributed by atoms with Crippen LogP contribution in [0.25, 0.3) is 0 Å². The van der Waals surface area contributed by atoms with Gasteiger partial charge < -0.3 is 15.4 Å². The first kappa shape index (κ1) is 17.4. The summed E-state index contributed by atoms with van der Waals surface area (Å²) in [5.74, 6) is 1.14. The molecule has 0 aliphatic carbocycles. The lowest BCUT2D eigenvalue weighted by atomic mass is 9.93. The highest BCUT2D eigenvalue weighted by molar-refractivity contribution is 5.92. The minimum atomic E-state index is -0.408. The zero-order valence-corrected chi connectivity index (χ0v) is 14.1. The molecule has 0 unspecified atom stereocenters. The first-order chi connectivity index (χ1) is 12.2. The van der Waals surface area contributed by atoms with Crippen LogP contribution < -0.4 is 15.4 Å². The molecule has 1 heterocycles. The monoisotopic (exact) mass is 342 g/mol. The molecule has 0 spiro atoms. The molecule has 2 aromatic rings. The van der Waals surface area contributed by atoms with E-state index in [1.54, 1.807) is 0 Å². The molecule has 2 N–H and O–H groups in total. The SMILES string of the molecule is O=C(CCC1CCNCC1)Nc1cc(F)ccc1Oc1ccccc1. The quantitative estimate of drug-likeness (QED) is 0.821. The Morgan fingerprint density at radius 2 is 1.92 bits per heavy atom. The van der Waals surface area contributed by atoms with Crippen molar-refractivity contribution in [3.05, 3.63) is 54.3 Å². The largest absolute Gasteiger partial charge is 0.455 e. The van der Waals surface area contributed by atoms with Crippen molar-refractivity contribution in [1.82, 2.24) is 5.32 Å². The van der Waals surface area contributed by atoms with Crippen molar-refractivity contribution in [3.63, 3.8) is 0 Å². The molecule has 0 atom stereocenters. The normalized spacial score (nSPS) is 14.9. The molecule has 0 aromatic heterocycles. The number of benzene rings is 2. The number of nitrogens with one attached hydrogen (secondary N) is 2. The van der Waals surface area contributed by atoms with Crippen LogP contribution in [0.3, 0.4) is 0 Å². The van der Waals surface area contributed by atoms with Crippen molar-refractivity contribution in [2.24, 2.45) is 5.92 Å². The van der Waals surface area contributed by atoms with Gasteiger partial charge in [0.25, 0.3) is 0 Å². The van der Waals surface area contributed by atoms with Crippen molar-refractivity contribution in [3.8, 4) is 11.5 Å². The van der Waals surface area contributed by atoms with Crippen molar-refractivity contribution in [1.29, 1.82) is 0 Å². The van der Waals surface area contributed by atoms with Crippen LogP contribution in [-0.4, -0.2) is 19.0 Å². The van der Waals surface area contributed by atoms with E-state index in [9.17, 15) is 9.18 Å². The number of halogens is 1. The molecular formula is C20H23FN2O2. The Balaban J connectivity index is 1.62. The van der Waals surface area contributed by atoms with E-state index in [-0.39, 0.29) is 5.91 Å². The maximum atomic E-state index is 13.6. The second-order valence-corrected chi connectivity index (χ2v) is 6.34. The summed E-state index contributed by atoms with van der Waals surface area (Å²) in [5.41, 5.74) is 0.360. The molecule has 0 bridgehead atoms. The molecule has 132 valence electrons. The predicted molar refractivity (Wildman–Crippen MR) is 96.4 cm³/mol. The highest BCUT2D eigenvalue weighted by Crippen LogP contribution is 2.30. The van der Waals surface area contributed by atoms with E-state index in [4.69, 9.17) is 4.74 Å². The van der Waals surface area contributed by atoms with Gasteiger partial charge in [-0.05, 0) is 62.5 Å². The van der Waals surface area contributed by atoms with E-state index in [1.165, 1.54) is 18.2 Å². The van der Waals surface area contributed by atoms with Crippen LogP contribution in [0.5, 0.6) is 11.5 Å². The predicted octanol–water partition coefficient (Wildman–Crippen LogP) is 4.34. The van der Waals surface area contributed by atoms with E-state index in [1.807, 2.05) is 30.3 Å². The molecular weight excluding hydrogens is 319 g/mol. The molecule has 0 saturated carbocycles. The summed E-state index contributed by atoms with van der Waals surface area (Å²) in [7, 11) is 0. The molecule has 2 aromatic carbocycles. The number of rotatable bonds is 6. The van der Waals surface area contributed by atoms with Gasteiger partial charge in [-0.1, -0.05) is 18.2 Å². The fourth-order valence-corrected chi connectivity index (χ4v) is 3.02. The molecule has 25 heavy (non-hydrogen) atoms. The first-order valence-corrected chi connectivity index (χ1v) is 8.74. The van der Waals surface area contributed by atoms with Crippen LogP contribution in [0.4, 0.5) is 10.1 Å². The fraction of sp³-hybridized carbons (Fsp3) is 0.350. The van der Waals surface area contributed by atoms with Crippen LogP contribution >= 0.6 is 0 Å². The van der Waals surface area contributed by atoms with E-state index in [0.29, 0.717) is 29.5 Å². The van der Waals surface area contributed by atoms with Crippen molar-refractivity contribution in [2.45, 2.75) is 25.7 Å². The lowest BCUT2D eigenvalue weighted by Crippen LogP contribution is -2.28. The third-order valence-electron chi connectivity index (χ3n) is 4.43. The van der Waals surface area contributed by atoms with E-state index in [0.717, 1.165) is 32.4 Å². The van der Waals surface area contributed by atoms with E-state index < -0.39 is 5.82 Å². The van der Waals surface area contributed by atoms with Crippen LogP contribution in [0, 0.1) is 11.7 Å². The van der Waals surface area contributed by atoms with Gasteiger partial charge >= 0.3 is 0 Å². The minimum absolute atomic E-state index is 0.109. The highest BCUT2D eigenvalue weighted by Gasteiger charge is 2.16. The number of hydrogen-bond donors (Lipinski definition) is 2. The molecule has 0 radical (unpaired) electrons. The van der Waals surface area contributed by atoms with E-state index in [2.05, 4.69) is 10.6 Å². The maximum Gasteiger partial charge on any atom is 0.224 e. The van der Waals surface area contributed by atoms with Crippen LogP contribution in [-0.2, 0) is 4.79 Å². The standard InChI is InChI=1S/C20H23FN2O2/c21-16-7-8-19(25-17-4-2-1-3-5-17)18(14-16)23-20(24)9-6-15-10-12-22-13-11-15/h1-5,7-8,14-15,22H,6,9-13H2,(H,23,24). The van der Waals surface area contributed by atoms with Gasteiger partial charge in [-0.2, -0.15) is 0 Å². The number of hydrogen-bond acceptors (Lipinski definition) is 3. The Bertz CT molecular complexity index is 700. The molecule has 4 nitrogen and oxygen atoms in total. The van der Waals surface area contributed by atoms with E-state index >= 15 is 0 Å². The second-order valence-electron chi connectivity index (χ2n) is 6.34. The summed E-state index contributed by atoms with van der Waals surface area (Å²) < 4.78 is 19.4. The Labute approximate surface area is 147 Å². The number of carbonyl (C=O) groups is 1. The maximum absolute atomic E-state index is 13.6. The van der Waals surface area contributed by atoms with Gasteiger partial charge in [-0.3, -0.25) is 4.79 Å². The third-order valence-corrected chi connectivity index (χ3v) is 4.43. The number of amides is 1. The zero-order chi connectivity index (χ0) is 17.5. The Kier molecular flexibility index (Phi) is 6.01. The third kappa shape index (κ3) is 5.29. The van der Waals surface area contributed by atoms with Gasteiger partial charge in [-0.15, -0.1) is 0 Å². The smallest absolute Gasteiger partial charge is 0.224 e. The fourth-order valence-electron chi connectivity index (χ4n) is 3.02. The number of piperidine rings is 1. The molecule has 1 fully saturated rings. The van der Waals surface area contributed by atoms with Gasteiger partial charge in [-0.25, -0.2) is 4.39 Å². The van der Waals surface area contributed by atoms with Crippen LogP contribution in [0.15, 0.2) is 48.5 Å². The lowest BCUT2D eigenvalue weighted by Gasteiger charge is -2.22. The minimum Gasteiger partial charge on any atom is -0.455 e. The first-order valence-electron chi connectivity index (χ1n) is 8.74. The Morgan fingerprint density at radius 3 is 2.68 bits per heavy atom. The molecule has 5 heteroatoms. The number of anilines is 1. The van der Waals surface area contributed by atoms with Crippen LogP contribution in [0.1, 0.15) is 25.7 Å². The Hall–Kier alpha value is -2.40. The molecule has 1 saturated heterocycles. The summed E-state index contributed by atoms with van der Waals surface area (Å²) in [6, 6.07) is 13.4. The number of para-hydroxylation sites is 1. The highest BCUT2D eigenvalue weighted by atomic mass is 19.1. The average Bonchev–Trinajstić information content (AvgIpc) is 2.64. The second kappa shape index (κ2) is 8.62. The number of carbonyl (C=O) groups excluding carboxylic acids is 1. The van der Waals surface area contributed by atoms with Gasteiger partial charge in [0.15, 0.2) is 5.75 Å². The number of ether oxygens (including phenoxy) is 1.